The van der Waals surface area contributed by atoms with E-state index in [0.717, 1.165) is 11.1 Å². The molecule has 1 atom stereocenters. The zero-order chi connectivity index (χ0) is 18.6. The summed E-state index contributed by atoms with van der Waals surface area (Å²) in [5.74, 6) is 1.11. The first-order chi connectivity index (χ1) is 13.2. The Morgan fingerprint density at radius 2 is 1.93 bits per heavy atom. The van der Waals surface area contributed by atoms with Crippen LogP contribution in [0.4, 0.5) is 0 Å². The first-order valence-electron chi connectivity index (χ1n) is 8.68. The number of nitrogens with zero attached hydrogens (tertiary/aromatic N) is 3. The summed E-state index contributed by atoms with van der Waals surface area (Å²) < 4.78 is 16.4. The van der Waals surface area contributed by atoms with Crippen molar-refractivity contribution in [1.82, 2.24) is 15.1 Å². The van der Waals surface area contributed by atoms with Gasteiger partial charge in [-0.3, -0.25) is 4.79 Å². The van der Waals surface area contributed by atoms with Crippen molar-refractivity contribution in [2.75, 3.05) is 26.3 Å². The smallest absolute Gasteiger partial charge is 0.277 e. The lowest BCUT2D eigenvalue weighted by Gasteiger charge is -2.29. The fourth-order valence-corrected chi connectivity index (χ4v) is 3.87. The normalized spacial score (nSPS) is 15.7. The van der Waals surface area contributed by atoms with Gasteiger partial charge in [0.05, 0.1) is 25.0 Å². The number of benzene rings is 1. The Labute approximate surface area is 160 Å². The van der Waals surface area contributed by atoms with Crippen LogP contribution in [0.25, 0.3) is 11.5 Å². The Morgan fingerprint density at radius 3 is 2.63 bits per heavy atom. The number of aromatic nitrogens is 2. The molecule has 1 aliphatic rings. The molecule has 2 aromatic heterocycles. The van der Waals surface area contributed by atoms with Gasteiger partial charge in [-0.15, -0.1) is 10.2 Å². The van der Waals surface area contributed by atoms with Gasteiger partial charge in [0, 0.05) is 13.1 Å². The van der Waals surface area contributed by atoms with Crippen molar-refractivity contribution in [2.45, 2.75) is 17.4 Å². The minimum absolute atomic E-state index is 0.0220. The van der Waals surface area contributed by atoms with Gasteiger partial charge >= 0.3 is 0 Å². The van der Waals surface area contributed by atoms with E-state index in [4.69, 9.17) is 13.6 Å². The maximum Gasteiger partial charge on any atom is 0.277 e. The van der Waals surface area contributed by atoms with Crippen LogP contribution in [0.2, 0.25) is 0 Å². The number of morpholine rings is 1. The zero-order valence-electron chi connectivity index (χ0n) is 14.8. The van der Waals surface area contributed by atoms with Crippen molar-refractivity contribution in [3.63, 3.8) is 0 Å². The molecule has 1 fully saturated rings. The second-order valence-electron chi connectivity index (χ2n) is 6.11. The van der Waals surface area contributed by atoms with Crippen LogP contribution in [0.15, 0.2) is 56.7 Å². The van der Waals surface area contributed by atoms with Gasteiger partial charge in [-0.1, -0.05) is 30.3 Å². The standard InChI is InChI=1S/C19H19N3O4S/c1-13-15(7-10-25-13)17-20-21-19(26-17)27-16(14-5-3-2-4-6-14)18(23)22-8-11-24-12-9-22/h2-7,10,16H,8-9,11-12H2,1H3/t16-/m0/s1. The molecule has 1 saturated heterocycles. The third-order valence-electron chi connectivity index (χ3n) is 4.36. The summed E-state index contributed by atoms with van der Waals surface area (Å²) in [5, 5.41) is 8.10. The minimum Gasteiger partial charge on any atom is -0.469 e. The molecule has 27 heavy (non-hydrogen) atoms. The number of furan rings is 1. The maximum absolute atomic E-state index is 13.1. The van der Waals surface area contributed by atoms with E-state index in [1.165, 1.54) is 11.8 Å². The third kappa shape index (κ3) is 3.91. The highest BCUT2D eigenvalue weighted by Crippen LogP contribution is 2.37. The number of hydrogen-bond donors (Lipinski definition) is 0. The number of rotatable bonds is 5. The van der Waals surface area contributed by atoms with Crippen LogP contribution in [0, 0.1) is 6.92 Å². The van der Waals surface area contributed by atoms with Crippen LogP contribution in [-0.4, -0.2) is 47.3 Å². The van der Waals surface area contributed by atoms with Crippen molar-refractivity contribution in [1.29, 1.82) is 0 Å². The first kappa shape index (κ1) is 17.8. The predicted octanol–water partition coefficient (Wildman–Crippen LogP) is 3.33. The molecule has 3 aromatic rings. The van der Waals surface area contributed by atoms with Crippen molar-refractivity contribution in [3.05, 3.63) is 54.0 Å². The van der Waals surface area contributed by atoms with E-state index in [1.54, 1.807) is 12.3 Å². The van der Waals surface area contributed by atoms with Gasteiger partial charge in [0.15, 0.2) is 0 Å². The quantitative estimate of drug-likeness (QED) is 0.623. The second kappa shape index (κ2) is 7.98. The Balaban J connectivity index is 1.59. The molecule has 0 spiro atoms. The molecule has 0 radical (unpaired) electrons. The van der Waals surface area contributed by atoms with Gasteiger partial charge < -0.3 is 18.5 Å². The molecule has 0 bridgehead atoms. The summed E-state index contributed by atoms with van der Waals surface area (Å²) in [6.07, 6.45) is 1.58. The lowest BCUT2D eigenvalue weighted by atomic mass is 10.1. The predicted molar refractivity (Wildman–Crippen MR) is 99.2 cm³/mol. The molecule has 7 nitrogen and oxygen atoms in total. The summed E-state index contributed by atoms with van der Waals surface area (Å²) in [6, 6.07) is 11.4. The fraction of sp³-hybridized carbons (Fsp3) is 0.316. The third-order valence-corrected chi connectivity index (χ3v) is 5.44. The van der Waals surface area contributed by atoms with Gasteiger partial charge in [-0.2, -0.15) is 0 Å². The molecule has 0 N–H and O–H groups in total. The molecular formula is C19H19N3O4S. The second-order valence-corrected chi connectivity index (χ2v) is 7.17. The summed E-state index contributed by atoms with van der Waals surface area (Å²) >= 11 is 1.26. The Morgan fingerprint density at radius 1 is 1.15 bits per heavy atom. The lowest BCUT2D eigenvalue weighted by Crippen LogP contribution is -2.42. The zero-order valence-corrected chi connectivity index (χ0v) is 15.6. The Hall–Kier alpha value is -2.58. The fourth-order valence-electron chi connectivity index (χ4n) is 2.91. The van der Waals surface area contributed by atoms with Gasteiger partial charge in [0.1, 0.15) is 11.0 Å². The highest BCUT2D eigenvalue weighted by molar-refractivity contribution is 8.00. The number of ether oxygens (including phenoxy) is 1. The maximum atomic E-state index is 13.1. The van der Waals surface area contributed by atoms with Gasteiger partial charge in [0.2, 0.25) is 5.91 Å². The lowest BCUT2D eigenvalue weighted by molar-refractivity contribution is -0.134. The van der Waals surface area contributed by atoms with E-state index < -0.39 is 5.25 Å². The minimum atomic E-state index is -0.456. The van der Waals surface area contributed by atoms with E-state index in [9.17, 15) is 4.79 Å². The molecule has 0 saturated carbocycles. The van der Waals surface area contributed by atoms with Crippen molar-refractivity contribution < 1.29 is 18.4 Å². The monoisotopic (exact) mass is 385 g/mol. The van der Waals surface area contributed by atoms with E-state index in [-0.39, 0.29) is 5.91 Å². The molecule has 1 aliphatic heterocycles. The van der Waals surface area contributed by atoms with Gasteiger partial charge in [0.25, 0.3) is 11.1 Å². The van der Waals surface area contributed by atoms with Crippen LogP contribution < -0.4 is 0 Å². The number of amides is 1. The van der Waals surface area contributed by atoms with E-state index >= 15 is 0 Å². The molecule has 0 aliphatic carbocycles. The SMILES string of the molecule is Cc1occc1-c1nnc(S[C@H](C(=O)N2CCOCC2)c2ccccc2)o1. The Kier molecular flexibility index (Phi) is 5.26. The van der Waals surface area contributed by atoms with E-state index in [0.29, 0.717) is 43.2 Å². The molecule has 8 heteroatoms. The average molecular weight is 385 g/mol. The highest BCUT2D eigenvalue weighted by atomic mass is 32.2. The summed E-state index contributed by atoms with van der Waals surface area (Å²) in [5.41, 5.74) is 1.66. The van der Waals surface area contributed by atoms with Gasteiger partial charge in [-0.05, 0) is 30.3 Å². The molecular weight excluding hydrogens is 366 g/mol. The van der Waals surface area contributed by atoms with Crippen molar-refractivity contribution in [2.24, 2.45) is 0 Å². The van der Waals surface area contributed by atoms with Gasteiger partial charge in [-0.25, -0.2) is 0 Å². The molecule has 1 aromatic carbocycles. The number of carbonyl (C=O) groups excluding carboxylic acids is 1. The number of aryl methyl sites for hydroxylation is 1. The first-order valence-corrected chi connectivity index (χ1v) is 9.56. The topological polar surface area (TPSA) is 81.6 Å². The van der Waals surface area contributed by atoms with Crippen molar-refractivity contribution in [3.8, 4) is 11.5 Å². The van der Waals surface area contributed by atoms with E-state index in [1.807, 2.05) is 42.2 Å². The molecule has 4 rings (SSSR count). The van der Waals surface area contributed by atoms with Crippen LogP contribution >= 0.6 is 11.8 Å². The molecule has 0 unspecified atom stereocenters. The summed E-state index contributed by atoms with van der Waals surface area (Å²) in [6.45, 7) is 4.13. The molecule has 140 valence electrons. The number of thioether (sulfide) groups is 1. The molecule has 1 amide bonds. The van der Waals surface area contributed by atoms with Crippen LogP contribution in [0.5, 0.6) is 0 Å². The van der Waals surface area contributed by atoms with E-state index in [2.05, 4.69) is 10.2 Å². The van der Waals surface area contributed by atoms with Crippen LogP contribution in [-0.2, 0) is 9.53 Å². The highest BCUT2D eigenvalue weighted by Gasteiger charge is 2.30. The summed E-state index contributed by atoms with van der Waals surface area (Å²) in [7, 11) is 0. The summed E-state index contributed by atoms with van der Waals surface area (Å²) in [4.78, 5) is 15.0. The Bertz CT molecular complexity index is 903. The van der Waals surface area contributed by atoms with Crippen LogP contribution in [0.3, 0.4) is 0 Å². The van der Waals surface area contributed by atoms with Crippen molar-refractivity contribution >= 4 is 17.7 Å². The number of carbonyl (C=O) groups is 1. The largest absolute Gasteiger partial charge is 0.469 e. The van der Waals surface area contributed by atoms with Crippen LogP contribution in [0.1, 0.15) is 16.6 Å². The number of hydrogen-bond acceptors (Lipinski definition) is 7. The average Bonchev–Trinajstić information content (AvgIpc) is 3.35. The molecule has 3 heterocycles.